The lowest BCUT2D eigenvalue weighted by Crippen LogP contribution is -2.27. The van der Waals surface area contributed by atoms with E-state index < -0.39 is 0 Å². The van der Waals surface area contributed by atoms with E-state index in [1.165, 1.54) is 6.07 Å². The molecule has 0 aliphatic carbocycles. The van der Waals surface area contributed by atoms with Gasteiger partial charge in [0.05, 0.1) is 5.69 Å². The maximum atomic E-state index is 11.7. The summed E-state index contributed by atoms with van der Waals surface area (Å²) < 4.78 is 1.66. The Labute approximate surface area is 111 Å². The minimum atomic E-state index is -0.324. The van der Waals surface area contributed by atoms with Crippen molar-refractivity contribution in [2.24, 2.45) is 5.73 Å². The van der Waals surface area contributed by atoms with E-state index in [1.54, 1.807) is 4.68 Å². The standard InChI is InChI=1S/C14H16N4O/c1-3-10-6-4-5-7-11(10)18-9(2)8-12(19)13(17-18)14(15)16/h4-8H,3H2,1-2H3,(H3,15,16). The lowest BCUT2D eigenvalue weighted by molar-refractivity contribution is 0.782. The fraction of sp³-hybridized carbons (Fsp3) is 0.214. The molecule has 0 aliphatic rings. The lowest BCUT2D eigenvalue weighted by atomic mass is 10.1. The van der Waals surface area contributed by atoms with Crippen LogP contribution in [0.1, 0.15) is 23.9 Å². The zero-order valence-corrected chi connectivity index (χ0v) is 11.0. The van der Waals surface area contributed by atoms with Crippen molar-refractivity contribution in [2.75, 3.05) is 0 Å². The highest BCUT2D eigenvalue weighted by atomic mass is 16.1. The van der Waals surface area contributed by atoms with Gasteiger partial charge in [-0.05, 0) is 25.0 Å². The molecule has 1 aromatic carbocycles. The first kappa shape index (κ1) is 13.0. The number of amidine groups is 1. The van der Waals surface area contributed by atoms with Crippen LogP contribution in [0.15, 0.2) is 35.1 Å². The number of nitrogens with two attached hydrogens (primary N) is 1. The molecule has 1 heterocycles. The molecule has 5 nitrogen and oxygen atoms in total. The fourth-order valence-corrected chi connectivity index (χ4v) is 1.99. The number of para-hydroxylation sites is 1. The Morgan fingerprint density at radius 3 is 2.74 bits per heavy atom. The van der Waals surface area contributed by atoms with Crippen molar-refractivity contribution in [3.8, 4) is 5.69 Å². The molecule has 98 valence electrons. The first-order valence-corrected chi connectivity index (χ1v) is 6.08. The van der Waals surface area contributed by atoms with Crippen molar-refractivity contribution in [3.05, 3.63) is 57.5 Å². The van der Waals surface area contributed by atoms with E-state index in [9.17, 15) is 4.79 Å². The summed E-state index contributed by atoms with van der Waals surface area (Å²) in [5, 5.41) is 11.6. The third-order valence-corrected chi connectivity index (χ3v) is 2.96. The summed E-state index contributed by atoms with van der Waals surface area (Å²) in [6, 6.07) is 9.29. The second-order valence-corrected chi connectivity index (χ2v) is 4.31. The summed E-state index contributed by atoms with van der Waals surface area (Å²) in [6.07, 6.45) is 0.860. The molecule has 0 unspecified atom stereocenters. The molecule has 3 N–H and O–H groups in total. The average Bonchev–Trinajstić information content (AvgIpc) is 2.38. The Morgan fingerprint density at radius 2 is 2.11 bits per heavy atom. The van der Waals surface area contributed by atoms with Crippen LogP contribution < -0.4 is 11.2 Å². The van der Waals surface area contributed by atoms with Crippen molar-refractivity contribution in [2.45, 2.75) is 20.3 Å². The third kappa shape index (κ3) is 2.40. The van der Waals surface area contributed by atoms with E-state index in [0.717, 1.165) is 23.4 Å². The molecule has 19 heavy (non-hydrogen) atoms. The van der Waals surface area contributed by atoms with E-state index in [2.05, 4.69) is 12.0 Å². The van der Waals surface area contributed by atoms with Gasteiger partial charge in [-0.2, -0.15) is 5.10 Å². The van der Waals surface area contributed by atoms with Gasteiger partial charge < -0.3 is 5.73 Å². The smallest absolute Gasteiger partial charge is 0.211 e. The monoisotopic (exact) mass is 256 g/mol. The molecule has 0 bridgehead atoms. The summed E-state index contributed by atoms with van der Waals surface area (Å²) in [7, 11) is 0. The zero-order valence-electron chi connectivity index (χ0n) is 11.0. The van der Waals surface area contributed by atoms with Gasteiger partial charge in [-0.15, -0.1) is 0 Å². The van der Waals surface area contributed by atoms with Gasteiger partial charge >= 0.3 is 0 Å². The van der Waals surface area contributed by atoms with Crippen molar-refractivity contribution in [1.82, 2.24) is 9.78 Å². The highest BCUT2D eigenvalue weighted by Gasteiger charge is 2.11. The maximum Gasteiger partial charge on any atom is 0.211 e. The van der Waals surface area contributed by atoms with Gasteiger partial charge in [0.25, 0.3) is 0 Å². The Hall–Kier alpha value is -2.43. The van der Waals surface area contributed by atoms with E-state index in [4.69, 9.17) is 11.1 Å². The van der Waals surface area contributed by atoms with Crippen LogP contribution in [-0.2, 0) is 6.42 Å². The van der Waals surface area contributed by atoms with Gasteiger partial charge in [-0.3, -0.25) is 10.2 Å². The molecule has 1 aromatic heterocycles. The normalized spacial score (nSPS) is 10.4. The molecule has 0 spiro atoms. The van der Waals surface area contributed by atoms with Crippen molar-refractivity contribution in [3.63, 3.8) is 0 Å². The summed E-state index contributed by atoms with van der Waals surface area (Å²) in [6.45, 7) is 3.87. The minimum Gasteiger partial charge on any atom is -0.382 e. The molecule has 0 saturated heterocycles. The number of aromatic nitrogens is 2. The molecular formula is C14H16N4O. The van der Waals surface area contributed by atoms with Gasteiger partial charge in [0.2, 0.25) is 5.43 Å². The zero-order chi connectivity index (χ0) is 14.0. The van der Waals surface area contributed by atoms with Crippen LogP contribution in [0.4, 0.5) is 0 Å². The molecular weight excluding hydrogens is 240 g/mol. The second-order valence-electron chi connectivity index (χ2n) is 4.31. The van der Waals surface area contributed by atoms with E-state index in [1.807, 2.05) is 31.2 Å². The number of nitrogens with zero attached hydrogens (tertiary/aromatic N) is 2. The van der Waals surface area contributed by atoms with Gasteiger partial charge in [0, 0.05) is 11.8 Å². The Balaban J connectivity index is 2.72. The van der Waals surface area contributed by atoms with Crippen molar-refractivity contribution >= 4 is 5.84 Å². The molecule has 0 saturated carbocycles. The Morgan fingerprint density at radius 1 is 1.42 bits per heavy atom. The second kappa shape index (κ2) is 5.06. The number of nitrogen functional groups attached to an aromatic ring is 1. The topological polar surface area (TPSA) is 84.8 Å². The summed E-state index contributed by atoms with van der Waals surface area (Å²) >= 11 is 0. The first-order valence-electron chi connectivity index (χ1n) is 6.08. The summed E-state index contributed by atoms with van der Waals surface area (Å²) in [5.74, 6) is -0.312. The summed E-state index contributed by atoms with van der Waals surface area (Å²) in [5.41, 5.74) is 7.80. The molecule has 2 rings (SSSR count). The van der Waals surface area contributed by atoms with Crippen molar-refractivity contribution < 1.29 is 0 Å². The molecule has 0 radical (unpaired) electrons. The highest BCUT2D eigenvalue weighted by Crippen LogP contribution is 2.15. The fourth-order valence-electron chi connectivity index (χ4n) is 1.99. The van der Waals surface area contributed by atoms with Crippen LogP contribution in [0.2, 0.25) is 0 Å². The largest absolute Gasteiger partial charge is 0.382 e. The van der Waals surface area contributed by atoms with E-state index in [0.29, 0.717) is 0 Å². The quantitative estimate of drug-likeness (QED) is 0.642. The van der Waals surface area contributed by atoms with Crippen LogP contribution in [0.25, 0.3) is 5.69 Å². The van der Waals surface area contributed by atoms with E-state index in [-0.39, 0.29) is 17.0 Å². The molecule has 0 amide bonds. The minimum absolute atomic E-state index is 0.0171. The summed E-state index contributed by atoms with van der Waals surface area (Å²) in [4.78, 5) is 11.7. The van der Waals surface area contributed by atoms with Crippen LogP contribution >= 0.6 is 0 Å². The van der Waals surface area contributed by atoms with E-state index >= 15 is 0 Å². The van der Waals surface area contributed by atoms with Crippen molar-refractivity contribution in [1.29, 1.82) is 5.41 Å². The number of rotatable bonds is 3. The van der Waals surface area contributed by atoms with Gasteiger partial charge in [0.1, 0.15) is 5.84 Å². The lowest BCUT2D eigenvalue weighted by Gasteiger charge is -2.14. The van der Waals surface area contributed by atoms with Crippen LogP contribution in [0, 0.1) is 12.3 Å². The van der Waals surface area contributed by atoms with Crippen LogP contribution in [0.5, 0.6) is 0 Å². The van der Waals surface area contributed by atoms with Gasteiger partial charge in [-0.1, -0.05) is 25.1 Å². The van der Waals surface area contributed by atoms with Gasteiger partial charge in [0.15, 0.2) is 5.69 Å². The number of benzene rings is 1. The molecule has 0 aliphatic heterocycles. The predicted molar refractivity (Wildman–Crippen MR) is 75.0 cm³/mol. The molecule has 0 fully saturated rings. The molecule has 5 heteroatoms. The van der Waals surface area contributed by atoms with Crippen LogP contribution in [0.3, 0.4) is 0 Å². The Kier molecular flexibility index (Phi) is 3.46. The number of hydrogen-bond donors (Lipinski definition) is 2. The van der Waals surface area contributed by atoms with Crippen LogP contribution in [-0.4, -0.2) is 15.6 Å². The predicted octanol–water partition coefficient (Wildman–Crippen LogP) is 1.39. The number of hydrogen-bond acceptors (Lipinski definition) is 3. The number of aryl methyl sites for hydroxylation is 2. The molecule has 2 aromatic rings. The average molecular weight is 256 g/mol. The third-order valence-electron chi connectivity index (χ3n) is 2.96. The highest BCUT2D eigenvalue weighted by molar-refractivity contribution is 5.92. The Bertz CT molecular complexity index is 688. The molecule has 0 atom stereocenters. The number of nitrogens with one attached hydrogen (secondary N) is 1. The van der Waals surface area contributed by atoms with Gasteiger partial charge in [-0.25, -0.2) is 4.68 Å². The maximum absolute atomic E-state index is 11.7. The SMILES string of the molecule is CCc1ccccc1-n1nc(C(=N)N)c(=O)cc1C. The first-order chi connectivity index (χ1) is 9.04.